The van der Waals surface area contributed by atoms with Crippen LogP contribution >= 0.6 is 11.3 Å². The number of nitrogens with zero attached hydrogens (tertiary/aromatic N) is 2. The van der Waals surface area contributed by atoms with Gasteiger partial charge in [0.15, 0.2) is 0 Å². The molecule has 8 heteroatoms. The van der Waals surface area contributed by atoms with Gasteiger partial charge in [-0.25, -0.2) is 9.78 Å². The first-order chi connectivity index (χ1) is 15.0. The summed E-state index contributed by atoms with van der Waals surface area (Å²) in [5, 5.41) is 2.49. The van der Waals surface area contributed by atoms with Crippen molar-refractivity contribution in [2.45, 2.75) is 26.8 Å². The highest BCUT2D eigenvalue weighted by atomic mass is 32.1. The lowest BCUT2D eigenvalue weighted by Gasteiger charge is -2.12. The van der Waals surface area contributed by atoms with Crippen LogP contribution in [0, 0.1) is 6.92 Å². The van der Waals surface area contributed by atoms with Crippen LogP contribution in [0.2, 0.25) is 0 Å². The van der Waals surface area contributed by atoms with Gasteiger partial charge in [-0.1, -0.05) is 18.6 Å². The fraction of sp³-hybridized carbons (Fsp3) is 0.261. The van der Waals surface area contributed by atoms with Crippen molar-refractivity contribution in [2.75, 3.05) is 14.2 Å². The fourth-order valence-corrected chi connectivity index (χ4v) is 4.51. The number of carbonyl (C=O) groups is 1. The molecule has 3 heterocycles. The van der Waals surface area contributed by atoms with Gasteiger partial charge in [0.2, 0.25) is 5.76 Å². The highest BCUT2D eigenvalue weighted by Gasteiger charge is 2.20. The molecule has 0 spiro atoms. The molecule has 0 N–H and O–H groups in total. The number of carbonyl (C=O) groups excluding carboxylic acids is 1. The lowest BCUT2D eigenvalue weighted by Crippen LogP contribution is -2.25. The van der Waals surface area contributed by atoms with Gasteiger partial charge in [0.05, 0.1) is 26.2 Å². The van der Waals surface area contributed by atoms with Crippen molar-refractivity contribution < 1.29 is 18.7 Å². The quantitative estimate of drug-likeness (QED) is 0.414. The van der Waals surface area contributed by atoms with Crippen LogP contribution in [0.1, 0.15) is 34.6 Å². The molecule has 0 aliphatic heterocycles. The number of thiophene rings is 1. The summed E-state index contributed by atoms with van der Waals surface area (Å²) in [6.45, 7) is 4.12. The molecule has 31 heavy (non-hydrogen) atoms. The Kier molecular flexibility index (Phi) is 5.65. The molecule has 0 fully saturated rings. The molecule has 4 rings (SSSR count). The van der Waals surface area contributed by atoms with E-state index in [-0.39, 0.29) is 17.9 Å². The van der Waals surface area contributed by atoms with Gasteiger partial charge >= 0.3 is 5.97 Å². The van der Waals surface area contributed by atoms with Crippen LogP contribution < -0.4 is 10.3 Å². The average Bonchev–Trinajstić information content (AvgIpc) is 3.42. The molecular weight excluding hydrogens is 416 g/mol. The summed E-state index contributed by atoms with van der Waals surface area (Å²) in [6, 6.07) is 9.08. The number of esters is 1. The first-order valence-electron chi connectivity index (χ1n) is 9.79. The maximum atomic E-state index is 13.6. The molecule has 0 saturated heterocycles. The van der Waals surface area contributed by atoms with Gasteiger partial charge in [-0.15, -0.1) is 11.3 Å². The molecule has 0 radical (unpaired) electrons. The summed E-state index contributed by atoms with van der Waals surface area (Å²) >= 11 is 1.44. The number of methoxy groups -OCH3 is 2. The van der Waals surface area contributed by atoms with Crippen LogP contribution in [0.25, 0.3) is 21.3 Å². The average molecular weight is 439 g/mol. The second-order valence-electron chi connectivity index (χ2n) is 7.06. The molecule has 7 nitrogen and oxygen atoms in total. The second kappa shape index (κ2) is 8.39. The highest BCUT2D eigenvalue weighted by Crippen LogP contribution is 2.37. The molecule has 0 bridgehead atoms. The number of hydrogen-bond donors (Lipinski definition) is 0. The molecule has 3 aromatic heterocycles. The molecule has 4 aromatic rings. The number of benzene rings is 1. The zero-order chi connectivity index (χ0) is 22.1. The van der Waals surface area contributed by atoms with Gasteiger partial charge in [0.1, 0.15) is 22.2 Å². The van der Waals surface area contributed by atoms with Crippen LogP contribution in [0.15, 0.2) is 44.9 Å². The lowest BCUT2D eigenvalue weighted by atomic mass is 10.0. The number of aromatic nitrogens is 2. The van der Waals surface area contributed by atoms with E-state index in [1.807, 2.05) is 37.4 Å². The van der Waals surface area contributed by atoms with Crippen molar-refractivity contribution in [2.24, 2.45) is 0 Å². The number of aryl methyl sites for hydroxylation is 2. The largest absolute Gasteiger partial charge is 0.496 e. The third-order valence-electron chi connectivity index (χ3n) is 5.10. The smallest absolute Gasteiger partial charge is 0.373 e. The number of hydrogen-bond acceptors (Lipinski definition) is 7. The summed E-state index contributed by atoms with van der Waals surface area (Å²) in [7, 11) is 2.91. The van der Waals surface area contributed by atoms with Crippen LogP contribution in [0.3, 0.4) is 0 Å². The SMILES string of the molecule is CCc1nc2scc(-c3cc(C)ccc3OC)c2c(=O)n1Cc1ccc(C(=O)OC)o1. The minimum Gasteiger partial charge on any atom is -0.496 e. The Hall–Kier alpha value is -3.39. The van der Waals surface area contributed by atoms with E-state index in [0.29, 0.717) is 34.0 Å². The molecule has 0 unspecified atom stereocenters. The molecule has 0 amide bonds. The van der Waals surface area contributed by atoms with Gasteiger partial charge in [0.25, 0.3) is 5.56 Å². The first-order valence-corrected chi connectivity index (χ1v) is 10.7. The minimum atomic E-state index is -0.561. The van der Waals surface area contributed by atoms with Gasteiger partial charge < -0.3 is 13.9 Å². The Bertz CT molecular complexity index is 1330. The standard InChI is InChI=1S/C23H22N2O5S/c1-5-19-24-21-20(16(12-31-21)15-10-13(2)6-8-17(15)28-3)22(26)25(19)11-14-7-9-18(30-14)23(27)29-4/h6-10,12H,5,11H2,1-4H3. The topological polar surface area (TPSA) is 83.6 Å². The van der Waals surface area contributed by atoms with Crippen LogP contribution in [0.4, 0.5) is 0 Å². The van der Waals surface area contributed by atoms with E-state index in [0.717, 1.165) is 16.7 Å². The summed E-state index contributed by atoms with van der Waals surface area (Å²) in [6.07, 6.45) is 0.580. The van der Waals surface area contributed by atoms with E-state index in [1.165, 1.54) is 24.5 Å². The summed E-state index contributed by atoms with van der Waals surface area (Å²) in [5.74, 6) is 1.36. The highest BCUT2D eigenvalue weighted by molar-refractivity contribution is 7.17. The molecule has 0 aliphatic rings. The Morgan fingerprint density at radius 1 is 1.19 bits per heavy atom. The minimum absolute atomic E-state index is 0.0957. The second-order valence-corrected chi connectivity index (χ2v) is 7.92. The van der Waals surface area contributed by atoms with E-state index < -0.39 is 5.97 Å². The van der Waals surface area contributed by atoms with E-state index in [9.17, 15) is 9.59 Å². The van der Waals surface area contributed by atoms with E-state index >= 15 is 0 Å². The van der Waals surface area contributed by atoms with Gasteiger partial charge in [-0.3, -0.25) is 9.36 Å². The zero-order valence-electron chi connectivity index (χ0n) is 17.7. The maximum absolute atomic E-state index is 13.6. The van der Waals surface area contributed by atoms with Crippen molar-refractivity contribution in [3.8, 4) is 16.9 Å². The Labute approximate surface area is 182 Å². The van der Waals surface area contributed by atoms with Crippen molar-refractivity contribution in [1.82, 2.24) is 9.55 Å². The van der Waals surface area contributed by atoms with Crippen molar-refractivity contribution in [3.05, 3.63) is 69.0 Å². The van der Waals surface area contributed by atoms with Crippen LogP contribution in [-0.4, -0.2) is 29.7 Å². The first kappa shape index (κ1) is 20.9. The Morgan fingerprint density at radius 3 is 2.71 bits per heavy atom. The van der Waals surface area contributed by atoms with E-state index in [1.54, 1.807) is 17.7 Å². The molecule has 160 valence electrons. The van der Waals surface area contributed by atoms with Crippen LogP contribution in [0.5, 0.6) is 5.75 Å². The summed E-state index contributed by atoms with van der Waals surface area (Å²) in [4.78, 5) is 30.7. The number of fused-ring (bicyclic) bond motifs is 1. The van der Waals surface area contributed by atoms with Gasteiger partial charge in [0, 0.05) is 22.9 Å². The molecule has 1 aromatic carbocycles. The monoisotopic (exact) mass is 438 g/mol. The van der Waals surface area contributed by atoms with Gasteiger partial charge in [-0.2, -0.15) is 0 Å². The van der Waals surface area contributed by atoms with Gasteiger partial charge in [-0.05, 0) is 31.2 Å². The molecular formula is C23H22N2O5S. The lowest BCUT2D eigenvalue weighted by molar-refractivity contribution is 0.0563. The predicted octanol–water partition coefficient (Wildman–Crippen LogP) is 4.43. The molecule has 0 saturated carbocycles. The van der Waals surface area contributed by atoms with Crippen LogP contribution in [-0.2, 0) is 17.7 Å². The van der Waals surface area contributed by atoms with E-state index in [4.69, 9.17) is 14.1 Å². The van der Waals surface area contributed by atoms with Crippen molar-refractivity contribution in [1.29, 1.82) is 0 Å². The third-order valence-corrected chi connectivity index (χ3v) is 5.97. The number of ether oxygens (including phenoxy) is 2. The van der Waals surface area contributed by atoms with Crippen molar-refractivity contribution >= 4 is 27.5 Å². The number of furan rings is 1. The summed E-state index contributed by atoms with van der Waals surface area (Å²) in [5.41, 5.74) is 2.57. The molecule has 0 aliphatic carbocycles. The summed E-state index contributed by atoms with van der Waals surface area (Å²) < 4.78 is 17.4. The number of rotatable bonds is 6. The molecule has 0 atom stereocenters. The Morgan fingerprint density at radius 2 is 2.00 bits per heavy atom. The Balaban J connectivity index is 1.87. The van der Waals surface area contributed by atoms with E-state index in [2.05, 4.69) is 4.74 Å². The maximum Gasteiger partial charge on any atom is 0.373 e. The van der Waals surface area contributed by atoms with Crippen molar-refractivity contribution in [3.63, 3.8) is 0 Å². The normalized spacial score (nSPS) is 11.1. The predicted molar refractivity (Wildman–Crippen MR) is 119 cm³/mol. The fourth-order valence-electron chi connectivity index (χ4n) is 3.56. The zero-order valence-corrected chi connectivity index (χ0v) is 18.5. The third kappa shape index (κ3) is 3.74.